The second-order valence-corrected chi connectivity index (χ2v) is 5.15. The van der Waals surface area contributed by atoms with Crippen molar-refractivity contribution < 1.29 is 4.79 Å². The van der Waals surface area contributed by atoms with Crippen molar-refractivity contribution in [2.45, 2.75) is 39.2 Å². The van der Waals surface area contributed by atoms with Gasteiger partial charge in [-0.3, -0.25) is 9.89 Å². The van der Waals surface area contributed by atoms with Crippen LogP contribution in [0.4, 0.5) is 0 Å². The zero-order valence-electron chi connectivity index (χ0n) is 11.2. The third kappa shape index (κ3) is 3.76. The molecule has 6 heteroatoms. The third-order valence-electron chi connectivity index (χ3n) is 3.38. The van der Waals surface area contributed by atoms with Crippen LogP contribution in [0.1, 0.15) is 32.0 Å². The van der Waals surface area contributed by atoms with Gasteiger partial charge in [-0.2, -0.15) is 5.10 Å². The van der Waals surface area contributed by atoms with E-state index < -0.39 is 0 Å². The standard InChI is InChI=1S/C13H20N4OS/c1-2-17-11(15-16-13(17)19)7-8-14-12(18)9-10-5-3-4-6-10/h3,5,10H,2,4,6-9H2,1H3,(H,14,18)(H,16,19)/t10-/m0/s1. The number of H-pyrrole nitrogens is 1. The molecule has 2 N–H and O–H groups in total. The predicted octanol–water partition coefficient (Wildman–Crippen LogP) is 1.98. The van der Waals surface area contributed by atoms with Crippen molar-refractivity contribution in [3.8, 4) is 0 Å². The van der Waals surface area contributed by atoms with Crippen LogP contribution in [0.3, 0.4) is 0 Å². The van der Waals surface area contributed by atoms with Crippen LogP contribution < -0.4 is 5.32 Å². The van der Waals surface area contributed by atoms with Crippen molar-refractivity contribution in [2.24, 2.45) is 5.92 Å². The first-order valence-electron chi connectivity index (χ1n) is 6.78. The van der Waals surface area contributed by atoms with E-state index in [1.807, 2.05) is 11.5 Å². The number of aromatic amines is 1. The van der Waals surface area contributed by atoms with Gasteiger partial charge in [0.1, 0.15) is 5.82 Å². The van der Waals surface area contributed by atoms with Crippen LogP contribution in [0.2, 0.25) is 0 Å². The Morgan fingerprint density at radius 3 is 3.21 bits per heavy atom. The highest BCUT2D eigenvalue weighted by Gasteiger charge is 2.13. The third-order valence-corrected chi connectivity index (χ3v) is 3.70. The van der Waals surface area contributed by atoms with E-state index in [0.29, 0.717) is 30.1 Å². The van der Waals surface area contributed by atoms with Crippen molar-refractivity contribution in [1.29, 1.82) is 0 Å². The molecular formula is C13H20N4OS. The number of allylic oxidation sites excluding steroid dienone is 2. The van der Waals surface area contributed by atoms with E-state index in [2.05, 4.69) is 27.7 Å². The number of nitrogens with one attached hydrogen (secondary N) is 2. The first kappa shape index (κ1) is 14.0. The van der Waals surface area contributed by atoms with Crippen molar-refractivity contribution in [1.82, 2.24) is 20.1 Å². The van der Waals surface area contributed by atoms with E-state index in [9.17, 15) is 4.79 Å². The van der Waals surface area contributed by atoms with Crippen LogP contribution in [0.15, 0.2) is 12.2 Å². The predicted molar refractivity (Wildman–Crippen MR) is 76.3 cm³/mol. The lowest BCUT2D eigenvalue weighted by atomic mass is 10.1. The van der Waals surface area contributed by atoms with Crippen LogP contribution in [-0.2, 0) is 17.8 Å². The summed E-state index contributed by atoms with van der Waals surface area (Å²) in [6.07, 6.45) is 7.79. The summed E-state index contributed by atoms with van der Waals surface area (Å²) in [4.78, 5) is 11.7. The minimum atomic E-state index is 0.119. The maximum absolute atomic E-state index is 11.7. The average molecular weight is 280 g/mol. The highest BCUT2D eigenvalue weighted by molar-refractivity contribution is 7.71. The second kappa shape index (κ2) is 6.65. The SMILES string of the molecule is CCn1c(CCNC(=O)C[C@H]2C=CCC2)n[nH]c1=S. The molecule has 0 saturated heterocycles. The Labute approximate surface area is 118 Å². The summed E-state index contributed by atoms with van der Waals surface area (Å²) < 4.78 is 2.58. The number of nitrogens with zero attached hydrogens (tertiary/aromatic N) is 2. The Bertz CT molecular complexity index is 517. The fourth-order valence-electron chi connectivity index (χ4n) is 2.36. The molecule has 1 atom stereocenters. The second-order valence-electron chi connectivity index (χ2n) is 4.76. The van der Waals surface area contributed by atoms with Gasteiger partial charge in [0.25, 0.3) is 0 Å². The van der Waals surface area contributed by atoms with Crippen LogP contribution in [0, 0.1) is 10.7 Å². The molecule has 0 spiro atoms. The highest BCUT2D eigenvalue weighted by Crippen LogP contribution is 2.19. The fourth-order valence-corrected chi connectivity index (χ4v) is 2.64. The van der Waals surface area contributed by atoms with Crippen molar-refractivity contribution >= 4 is 18.1 Å². The van der Waals surface area contributed by atoms with E-state index in [1.54, 1.807) is 0 Å². The lowest BCUT2D eigenvalue weighted by Gasteiger charge is -2.08. The molecule has 19 heavy (non-hydrogen) atoms. The first-order valence-corrected chi connectivity index (χ1v) is 7.19. The monoisotopic (exact) mass is 280 g/mol. The number of carbonyl (C=O) groups is 1. The van der Waals surface area contributed by atoms with Crippen LogP contribution in [-0.4, -0.2) is 27.2 Å². The molecule has 1 aliphatic rings. The molecule has 0 fully saturated rings. The van der Waals surface area contributed by atoms with Gasteiger partial charge in [0.05, 0.1) is 0 Å². The lowest BCUT2D eigenvalue weighted by molar-refractivity contribution is -0.121. The van der Waals surface area contributed by atoms with Gasteiger partial charge in [-0.15, -0.1) is 0 Å². The fraction of sp³-hybridized carbons (Fsp3) is 0.615. The van der Waals surface area contributed by atoms with Gasteiger partial charge in [0.2, 0.25) is 5.91 Å². The minimum absolute atomic E-state index is 0.119. The Balaban J connectivity index is 1.75. The van der Waals surface area contributed by atoms with Crippen LogP contribution >= 0.6 is 12.2 Å². The van der Waals surface area contributed by atoms with Gasteiger partial charge in [0.15, 0.2) is 4.77 Å². The van der Waals surface area contributed by atoms with Crippen molar-refractivity contribution in [2.75, 3.05) is 6.54 Å². The number of aromatic nitrogens is 3. The molecule has 0 bridgehead atoms. The lowest BCUT2D eigenvalue weighted by Crippen LogP contribution is -2.27. The molecule has 1 amide bonds. The van der Waals surface area contributed by atoms with Gasteiger partial charge in [-0.1, -0.05) is 12.2 Å². The molecule has 1 aliphatic carbocycles. The molecule has 1 aromatic rings. The smallest absolute Gasteiger partial charge is 0.220 e. The van der Waals surface area contributed by atoms with E-state index in [4.69, 9.17) is 12.2 Å². The number of rotatable bonds is 6. The van der Waals surface area contributed by atoms with Crippen molar-refractivity contribution in [3.63, 3.8) is 0 Å². The molecule has 0 unspecified atom stereocenters. The Morgan fingerprint density at radius 2 is 2.53 bits per heavy atom. The van der Waals surface area contributed by atoms with Gasteiger partial charge >= 0.3 is 0 Å². The molecule has 5 nitrogen and oxygen atoms in total. The maximum Gasteiger partial charge on any atom is 0.220 e. The summed E-state index contributed by atoms with van der Waals surface area (Å²) in [6, 6.07) is 0. The molecular weight excluding hydrogens is 260 g/mol. The zero-order valence-corrected chi connectivity index (χ0v) is 12.0. The normalized spacial score (nSPS) is 17.8. The highest BCUT2D eigenvalue weighted by atomic mass is 32.1. The summed E-state index contributed by atoms with van der Waals surface area (Å²) in [6.45, 7) is 3.43. The van der Waals surface area contributed by atoms with E-state index in [1.165, 1.54) is 0 Å². The Morgan fingerprint density at radius 1 is 1.68 bits per heavy atom. The number of carbonyl (C=O) groups excluding carboxylic acids is 1. The molecule has 0 saturated carbocycles. The van der Waals surface area contributed by atoms with Gasteiger partial charge in [-0.25, -0.2) is 0 Å². The Hall–Kier alpha value is -1.43. The summed E-state index contributed by atoms with van der Waals surface area (Å²) >= 11 is 5.12. The molecule has 104 valence electrons. The summed E-state index contributed by atoms with van der Waals surface area (Å²) in [5.41, 5.74) is 0. The van der Waals surface area contributed by atoms with Crippen LogP contribution in [0.25, 0.3) is 0 Å². The topological polar surface area (TPSA) is 62.7 Å². The van der Waals surface area contributed by atoms with Gasteiger partial charge in [0, 0.05) is 25.9 Å². The summed E-state index contributed by atoms with van der Waals surface area (Å²) in [5, 5.41) is 9.89. The first-order chi connectivity index (χ1) is 9.20. The summed E-state index contributed by atoms with van der Waals surface area (Å²) in [7, 11) is 0. The minimum Gasteiger partial charge on any atom is -0.356 e. The molecule has 2 rings (SSSR count). The molecule has 1 aromatic heterocycles. The van der Waals surface area contributed by atoms with E-state index in [0.717, 1.165) is 25.2 Å². The van der Waals surface area contributed by atoms with Gasteiger partial charge < -0.3 is 9.88 Å². The molecule has 0 radical (unpaired) electrons. The van der Waals surface area contributed by atoms with E-state index in [-0.39, 0.29) is 5.91 Å². The molecule has 0 aromatic carbocycles. The number of hydrogen-bond acceptors (Lipinski definition) is 3. The largest absolute Gasteiger partial charge is 0.356 e. The number of hydrogen-bond donors (Lipinski definition) is 2. The van der Waals surface area contributed by atoms with Gasteiger partial charge in [-0.05, 0) is 37.9 Å². The van der Waals surface area contributed by atoms with Crippen molar-refractivity contribution in [3.05, 3.63) is 22.7 Å². The summed E-state index contributed by atoms with van der Waals surface area (Å²) in [5.74, 6) is 1.44. The molecule has 1 heterocycles. The van der Waals surface area contributed by atoms with E-state index >= 15 is 0 Å². The average Bonchev–Trinajstić information content (AvgIpc) is 2.99. The molecule has 0 aliphatic heterocycles. The maximum atomic E-state index is 11.7. The quantitative estimate of drug-likeness (QED) is 0.618. The van der Waals surface area contributed by atoms with Crippen LogP contribution in [0.5, 0.6) is 0 Å². The number of amides is 1. The Kier molecular flexibility index (Phi) is 4.90. The zero-order chi connectivity index (χ0) is 13.7.